The molecule has 1 heterocycles. The standard InChI is InChI=1S/C12H12ClN3OS.ClH/c13-9-3-1-8(2-4-9)11-10(16-7-18-11)12(17)15-6-5-14;/h1-4,7H,5-6,14H2,(H,15,17);1H. The van der Waals surface area contributed by atoms with Gasteiger partial charge in [-0.2, -0.15) is 0 Å². The van der Waals surface area contributed by atoms with E-state index in [1.165, 1.54) is 11.3 Å². The highest BCUT2D eigenvalue weighted by Gasteiger charge is 2.15. The fraction of sp³-hybridized carbons (Fsp3) is 0.167. The summed E-state index contributed by atoms with van der Waals surface area (Å²) < 4.78 is 0. The molecule has 0 spiro atoms. The summed E-state index contributed by atoms with van der Waals surface area (Å²) in [6, 6.07) is 7.32. The van der Waals surface area contributed by atoms with Gasteiger partial charge in [-0.3, -0.25) is 4.79 Å². The van der Waals surface area contributed by atoms with Gasteiger partial charge < -0.3 is 11.1 Å². The molecule has 0 aliphatic heterocycles. The maximum absolute atomic E-state index is 11.9. The molecule has 1 amide bonds. The van der Waals surface area contributed by atoms with Crippen LogP contribution in [0.3, 0.4) is 0 Å². The summed E-state index contributed by atoms with van der Waals surface area (Å²) in [5, 5.41) is 3.37. The molecular weight excluding hydrogens is 305 g/mol. The molecular formula is C12H13Cl2N3OS. The van der Waals surface area contributed by atoms with Crippen LogP contribution in [0, 0.1) is 0 Å². The van der Waals surface area contributed by atoms with Gasteiger partial charge in [-0.25, -0.2) is 4.98 Å². The summed E-state index contributed by atoms with van der Waals surface area (Å²) in [7, 11) is 0. The summed E-state index contributed by atoms with van der Waals surface area (Å²) in [5.41, 5.74) is 8.36. The van der Waals surface area contributed by atoms with E-state index in [2.05, 4.69) is 10.3 Å². The Labute approximate surface area is 126 Å². The van der Waals surface area contributed by atoms with Gasteiger partial charge in [-0.05, 0) is 17.7 Å². The van der Waals surface area contributed by atoms with Crippen molar-refractivity contribution in [3.8, 4) is 10.4 Å². The number of nitrogens with zero attached hydrogens (tertiary/aromatic N) is 1. The first-order valence-electron chi connectivity index (χ1n) is 5.40. The van der Waals surface area contributed by atoms with E-state index in [1.807, 2.05) is 12.1 Å². The van der Waals surface area contributed by atoms with Gasteiger partial charge >= 0.3 is 0 Å². The van der Waals surface area contributed by atoms with Gasteiger partial charge in [0.05, 0.1) is 10.4 Å². The van der Waals surface area contributed by atoms with Crippen LogP contribution in [0.1, 0.15) is 10.5 Å². The van der Waals surface area contributed by atoms with Gasteiger partial charge in [-0.15, -0.1) is 23.7 Å². The van der Waals surface area contributed by atoms with E-state index in [-0.39, 0.29) is 18.3 Å². The topological polar surface area (TPSA) is 68.0 Å². The zero-order valence-corrected chi connectivity index (χ0v) is 12.3. The molecule has 0 saturated carbocycles. The van der Waals surface area contributed by atoms with Crippen molar-refractivity contribution < 1.29 is 4.79 Å². The maximum Gasteiger partial charge on any atom is 0.271 e. The molecule has 0 aliphatic carbocycles. The summed E-state index contributed by atoms with van der Waals surface area (Å²) in [6.07, 6.45) is 0. The Balaban J connectivity index is 0.00000180. The lowest BCUT2D eigenvalue weighted by Crippen LogP contribution is -2.29. The van der Waals surface area contributed by atoms with E-state index >= 15 is 0 Å². The van der Waals surface area contributed by atoms with Crippen LogP contribution >= 0.6 is 35.3 Å². The van der Waals surface area contributed by atoms with Crippen LogP contribution in [-0.2, 0) is 0 Å². The van der Waals surface area contributed by atoms with Gasteiger partial charge in [0.1, 0.15) is 5.69 Å². The first-order chi connectivity index (χ1) is 8.72. The molecule has 7 heteroatoms. The number of thiazole rings is 1. The van der Waals surface area contributed by atoms with Crippen molar-refractivity contribution in [1.82, 2.24) is 10.3 Å². The molecule has 0 saturated heterocycles. The highest BCUT2D eigenvalue weighted by Crippen LogP contribution is 2.28. The monoisotopic (exact) mass is 317 g/mol. The zero-order valence-electron chi connectivity index (χ0n) is 9.93. The lowest BCUT2D eigenvalue weighted by atomic mass is 10.1. The largest absolute Gasteiger partial charge is 0.349 e. The highest BCUT2D eigenvalue weighted by atomic mass is 35.5. The van der Waals surface area contributed by atoms with Crippen molar-refractivity contribution in [3.05, 3.63) is 40.5 Å². The van der Waals surface area contributed by atoms with E-state index in [0.29, 0.717) is 23.8 Å². The van der Waals surface area contributed by atoms with Gasteiger partial charge in [0.15, 0.2) is 0 Å². The quantitative estimate of drug-likeness (QED) is 0.910. The fourth-order valence-corrected chi connectivity index (χ4v) is 2.40. The molecule has 19 heavy (non-hydrogen) atoms. The minimum Gasteiger partial charge on any atom is -0.349 e. The predicted octanol–water partition coefficient (Wildman–Crippen LogP) is 2.57. The van der Waals surface area contributed by atoms with Crippen LogP contribution in [-0.4, -0.2) is 24.0 Å². The number of benzene rings is 1. The molecule has 4 nitrogen and oxygen atoms in total. The third-order valence-electron chi connectivity index (χ3n) is 2.32. The number of nitrogens with two attached hydrogens (primary N) is 1. The molecule has 0 radical (unpaired) electrons. The molecule has 1 aromatic carbocycles. The summed E-state index contributed by atoms with van der Waals surface area (Å²) in [6.45, 7) is 0.850. The Bertz CT molecular complexity index is 542. The van der Waals surface area contributed by atoms with Crippen molar-refractivity contribution in [3.63, 3.8) is 0 Å². The maximum atomic E-state index is 11.9. The number of carbonyl (C=O) groups excluding carboxylic acids is 1. The van der Waals surface area contributed by atoms with Crippen LogP contribution < -0.4 is 11.1 Å². The minimum atomic E-state index is -0.202. The summed E-state index contributed by atoms with van der Waals surface area (Å²) >= 11 is 7.26. The molecule has 1 aromatic heterocycles. The number of carbonyl (C=O) groups is 1. The van der Waals surface area contributed by atoms with E-state index in [9.17, 15) is 4.79 Å². The molecule has 0 fully saturated rings. The van der Waals surface area contributed by atoms with Gasteiger partial charge in [-0.1, -0.05) is 23.7 Å². The van der Waals surface area contributed by atoms with Gasteiger partial charge in [0.2, 0.25) is 0 Å². The van der Waals surface area contributed by atoms with E-state index in [1.54, 1.807) is 17.6 Å². The van der Waals surface area contributed by atoms with E-state index < -0.39 is 0 Å². The number of aromatic nitrogens is 1. The summed E-state index contributed by atoms with van der Waals surface area (Å²) in [5.74, 6) is -0.202. The Morgan fingerprint density at radius 2 is 2.05 bits per heavy atom. The molecule has 2 rings (SSSR count). The highest BCUT2D eigenvalue weighted by molar-refractivity contribution is 7.13. The molecule has 2 aromatic rings. The predicted molar refractivity (Wildman–Crippen MR) is 81.2 cm³/mol. The lowest BCUT2D eigenvalue weighted by molar-refractivity contribution is 0.0951. The van der Waals surface area contributed by atoms with Crippen LogP contribution in [0.2, 0.25) is 5.02 Å². The number of hydrogen-bond acceptors (Lipinski definition) is 4. The average molecular weight is 318 g/mol. The SMILES string of the molecule is Cl.NCCNC(=O)c1ncsc1-c1ccc(Cl)cc1. The van der Waals surface area contributed by atoms with Crippen LogP contribution in [0.15, 0.2) is 29.8 Å². The van der Waals surface area contributed by atoms with Crippen molar-refractivity contribution >= 4 is 41.3 Å². The van der Waals surface area contributed by atoms with Crippen molar-refractivity contribution in [2.75, 3.05) is 13.1 Å². The Morgan fingerprint density at radius 1 is 1.37 bits per heavy atom. The second-order valence-corrected chi connectivity index (χ2v) is 4.87. The van der Waals surface area contributed by atoms with Gasteiger partial charge in [0, 0.05) is 18.1 Å². The normalized spacial score (nSPS) is 9.79. The zero-order chi connectivity index (χ0) is 13.0. The lowest BCUT2D eigenvalue weighted by Gasteiger charge is -2.04. The molecule has 0 aliphatic rings. The number of nitrogens with one attached hydrogen (secondary N) is 1. The fourth-order valence-electron chi connectivity index (χ4n) is 1.48. The van der Waals surface area contributed by atoms with Crippen molar-refractivity contribution in [1.29, 1.82) is 0 Å². The Kier molecular flexibility index (Phi) is 6.24. The summed E-state index contributed by atoms with van der Waals surface area (Å²) in [4.78, 5) is 16.8. The number of amides is 1. The molecule has 0 atom stereocenters. The Hall–Kier alpha value is -1.14. The van der Waals surface area contributed by atoms with E-state index in [4.69, 9.17) is 17.3 Å². The molecule has 3 N–H and O–H groups in total. The molecule has 0 bridgehead atoms. The van der Waals surface area contributed by atoms with Crippen LogP contribution in [0.4, 0.5) is 0 Å². The smallest absolute Gasteiger partial charge is 0.271 e. The number of hydrogen-bond donors (Lipinski definition) is 2. The molecule has 102 valence electrons. The van der Waals surface area contributed by atoms with Crippen LogP contribution in [0.25, 0.3) is 10.4 Å². The van der Waals surface area contributed by atoms with Crippen molar-refractivity contribution in [2.24, 2.45) is 5.73 Å². The van der Waals surface area contributed by atoms with Crippen molar-refractivity contribution in [2.45, 2.75) is 0 Å². The third kappa shape index (κ3) is 3.91. The molecule has 0 unspecified atom stereocenters. The second-order valence-electron chi connectivity index (χ2n) is 3.58. The number of rotatable bonds is 4. The first-order valence-corrected chi connectivity index (χ1v) is 6.66. The second kappa shape index (κ2) is 7.45. The van der Waals surface area contributed by atoms with Crippen LogP contribution in [0.5, 0.6) is 0 Å². The Morgan fingerprint density at radius 3 is 2.68 bits per heavy atom. The van der Waals surface area contributed by atoms with Gasteiger partial charge in [0.25, 0.3) is 5.91 Å². The average Bonchev–Trinajstić information content (AvgIpc) is 2.86. The first kappa shape index (κ1) is 15.9. The third-order valence-corrected chi connectivity index (χ3v) is 3.45. The number of halogens is 2. The minimum absolute atomic E-state index is 0. The van der Waals surface area contributed by atoms with E-state index in [0.717, 1.165) is 10.4 Å².